The number of nitrogens with zero attached hydrogens (tertiary/aromatic N) is 3. The molecule has 0 N–H and O–H groups in total. The highest BCUT2D eigenvalue weighted by Crippen LogP contribution is 2.31. The Hall–Kier alpha value is -2.05. The number of halogens is 1. The first-order valence-corrected chi connectivity index (χ1v) is 9.75. The number of thioether (sulfide) groups is 1. The van der Waals surface area contributed by atoms with Crippen LogP contribution >= 0.6 is 23.4 Å². The van der Waals surface area contributed by atoms with Crippen molar-refractivity contribution in [1.82, 2.24) is 14.1 Å². The van der Waals surface area contributed by atoms with Gasteiger partial charge in [0.25, 0.3) is 5.56 Å². The predicted molar refractivity (Wildman–Crippen MR) is 107 cm³/mol. The molecule has 0 saturated heterocycles. The van der Waals surface area contributed by atoms with Gasteiger partial charge in [-0.15, -0.1) is 11.8 Å². The van der Waals surface area contributed by atoms with Gasteiger partial charge in [0.2, 0.25) is 0 Å². The van der Waals surface area contributed by atoms with E-state index in [1.807, 2.05) is 24.3 Å². The maximum atomic E-state index is 12.8. The molecular weight excluding hydrogens is 370 g/mol. The van der Waals surface area contributed by atoms with Crippen molar-refractivity contribution < 1.29 is 0 Å². The molecule has 0 radical (unpaired) electrons. The monoisotopic (exact) mass is 389 g/mol. The average molecular weight is 390 g/mol. The molecule has 0 fully saturated rings. The van der Waals surface area contributed by atoms with Crippen molar-refractivity contribution in [2.75, 3.05) is 0 Å². The van der Waals surface area contributed by atoms with Crippen LogP contribution < -0.4 is 11.2 Å². The predicted octanol–water partition coefficient (Wildman–Crippen LogP) is 3.53. The standard InChI is InChI=1S/C19H20ClN3O2S/c1-4-5-13-10-21-17-15(18(24)23(3)19(25)22(17)2)16(13)26-11-12-6-8-14(20)9-7-12/h6-10H,4-5,11H2,1-3H3. The van der Waals surface area contributed by atoms with Gasteiger partial charge in [-0.1, -0.05) is 37.1 Å². The summed E-state index contributed by atoms with van der Waals surface area (Å²) < 4.78 is 2.57. The van der Waals surface area contributed by atoms with Crippen LogP contribution in [0.4, 0.5) is 0 Å². The summed E-state index contributed by atoms with van der Waals surface area (Å²) in [4.78, 5) is 30.3. The highest BCUT2D eigenvalue weighted by Gasteiger charge is 2.17. The van der Waals surface area contributed by atoms with Crippen molar-refractivity contribution in [3.8, 4) is 0 Å². The lowest BCUT2D eigenvalue weighted by atomic mass is 10.1. The molecule has 1 aromatic carbocycles. The zero-order chi connectivity index (χ0) is 18.8. The van der Waals surface area contributed by atoms with Crippen molar-refractivity contribution >= 4 is 34.4 Å². The highest BCUT2D eigenvalue weighted by molar-refractivity contribution is 7.98. The highest BCUT2D eigenvalue weighted by atomic mass is 35.5. The quantitative estimate of drug-likeness (QED) is 0.626. The molecule has 5 nitrogen and oxygen atoms in total. The van der Waals surface area contributed by atoms with Crippen LogP contribution in [0.2, 0.25) is 5.02 Å². The fourth-order valence-corrected chi connectivity index (χ4v) is 4.18. The second-order valence-corrected chi connectivity index (χ2v) is 7.60. The van der Waals surface area contributed by atoms with Gasteiger partial charge in [0.15, 0.2) is 0 Å². The normalized spacial score (nSPS) is 11.2. The Morgan fingerprint density at radius 1 is 1.12 bits per heavy atom. The molecule has 7 heteroatoms. The van der Waals surface area contributed by atoms with E-state index < -0.39 is 0 Å². The van der Waals surface area contributed by atoms with Crippen molar-refractivity contribution in [1.29, 1.82) is 0 Å². The second kappa shape index (κ2) is 7.68. The van der Waals surface area contributed by atoms with Crippen LogP contribution in [0, 0.1) is 0 Å². The van der Waals surface area contributed by atoms with E-state index in [4.69, 9.17) is 11.6 Å². The van der Waals surface area contributed by atoms with Gasteiger partial charge in [0.05, 0.1) is 5.39 Å². The number of hydrogen-bond donors (Lipinski definition) is 0. The first-order chi connectivity index (χ1) is 12.4. The van der Waals surface area contributed by atoms with E-state index in [0.29, 0.717) is 21.8 Å². The van der Waals surface area contributed by atoms with Gasteiger partial charge in [-0.05, 0) is 29.7 Å². The van der Waals surface area contributed by atoms with Gasteiger partial charge in [-0.3, -0.25) is 13.9 Å². The van der Waals surface area contributed by atoms with Gasteiger partial charge < -0.3 is 0 Å². The average Bonchev–Trinajstić information content (AvgIpc) is 2.64. The lowest BCUT2D eigenvalue weighted by molar-refractivity contribution is 0.704. The van der Waals surface area contributed by atoms with Crippen LogP contribution in [0.1, 0.15) is 24.5 Å². The Balaban J connectivity index is 2.16. The van der Waals surface area contributed by atoms with Crippen LogP contribution in [0.25, 0.3) is 11.0 Å². The number of hydrogen-bond acceptors (Lipinski definition) is 4. The van der Waals surface area contributed by atoms with Crippen molar-refractivity contribution in [2.45, 2.75) is 30.4 Å². The molecule has 136 valence electrons. The van der Waals surface area contributed by atoms with Crippen molar-refractivity contribution in [2.24, 2.45) is 14.1 Å². The molecular formula is C19H20ClN3O2S. The van der Waals surface area contributed by atoms with Gasteiger partial charge in [-0.25, -0.2) is 9.78 Å². The topological polar surface area (TPSA) is 56.9 Å². The summed E-state index contributed by atoms with van der Waals surface area (Å²) in [6.07, 6.45) is 3.57. The summed E-state index contributed by atoms with van der Waals surface area (Å²) in [5, 5.41) is 1.21. The summed E-state index contributed by atoms with van der Waals surface area (Å²) in [7, 11) is 3.15. The number of aryl methyl sites for hydroxylation is 2. The largest absolute Gasteiger partial charge is 0.332 e. The Labute approximate surface area is 160 Å². The number of aromatic nitrogens is 3. The third-order valence-corrected chi connectivity index (χ3v) is 5.80. The summed E-state index contributed by atoms with van der Waals surface area (Å²) in [5.41, 5.74) is 1.92. The van der Waals surface area contributed by atoms with Crippen LogP contribution in [0.5, 0.6) is 0 Å². The fourth-order valence-electron chi connectivity index (χ4n) is 2.89. The molecule has 3 aromatic rings. The number of rotatable bonds is 5. The summed E-state index contributed by atoms with van der Waals surface area (Å²) in [5.74, 6) is 0.707. The SMILES string of the molecule is CCCc1cnc2c(c1SCc1ccc(Cl)cc1)c(=O)n(C)c(=O)n2C. The maximum Gasteiger partial charge on any atom is 0.332 e. The van der Waals surface area contributed by atoms with Crippen LogP contribution in [-0.2, 0) is 26.3 Å². The molecule has 0 aliphatic carbocycles. The molecule has 2 aromatic heterocycles. The molecule has 26 heavy (non-hydrogen) atoms. The molecule has 0 aliphatic heterocycles. The Bertz CT molecular complexity index is 1070. The molecule has 0 bridgehead atoms. The number of pyridine rings is 1. The van der Waals surface area contributed by atoms with E-state index in [2.05, 4.69) is 11.9 Å². The lowest BCUT2D eigenvalue weighted by Gasteiger charge is -2.14. The molecule has 2 heterocycles. The Morgan fingerprint density at radius 2 is 1.81 bits per heavy atom. The van der Waals surface area contributed by atoms with Gasteiger partial charge in [0, 0.05) is 36.0 Å². The molecule has 3 rings (SSSR count). The smallest absolute Gasteiger partial charge is 0.280 e. The number of benzene rings is 1. The fraction of sp³-hybridized carbons (Fsp3) is 0.316. The summed E-state index contributed by atoms with van der Waals surface area (Å²) in [6.45, 7) is 2.09. The first kappa shape index (κ1) is 18.7. The Morgan fingerprint density at radius 3 is 2.46 bits per heavy atom. The van der Waals surface area contributed by atoms with Gasteiger partial charge >= 0.3 is 5.69 Å². The Kier molecular flexibility index (Phi) is 5.53. The third-order valence-electron chi connectivity index (χ3n) is 4.31. The lowest BCUT2D eigenvalue weighted by Crippen LogP contribution is -2.37. The van der Waals surface area contributed by atoms with Crippen molar-refractivity contribution in [3.05, 3.63) is 67.4 Å². The summed E-state index contributed by atoms with van der Waals surface area (Å²) in [6, 6.07) is 7.67. The van der Waals surface area contributed by atoms with E-state index in [1.54, 1.807) is 25.0 Å². The van der Waals surface area contributed by atoms with E-state index in [-0.39, 0.29) is 11.2 Å². The minimum Gasteiger partial charge on any atom is -0.280 e. The van der Waals surface area contributed by atoms with Crippen LogP contribution in [0.15, 0.2) is 44.9 Å². The molecule has 0 amide bonds. The van der Waals surface area contributed by atoms with E-state index in [0.717, 1.165) is 33.4 Å². The van der Waals surface area contributed by atoms with Crippen LogP contribution in [-0.4, -0.2) is 14.1 Å². The van der Waals surface area contributed by atoms with Crippen molar-refractivity contribution in [3.63, 3.8) is 0 Å². The molecule has 0 spiro atoms. The van der Waals surface area contributed by atoms with E-state index in [9.17, 15) is 9.59 Å². The zero-order valence-electron chi connectivity index (χ0n) is 15.0. The minimum atomic E-state index is -0.369. The minimum absolute atomic E-state index is 0.299. The molecule has 0 unspecified atom stereocenters. The number of fused-ring (bicyclic) bond motifs is 1. The maximum absolute atomic E-state index is 12.8. The molecule has 0 saturated carbocycles. The van der Waals surface area contributed by atoms with E-state index >= 15 is 0 Å². The molecule has 0 atom stereocenters. The van der Waals surface area contributed by atoms with Gasteiger partial charge in [-0.2, -0.15) is 0 Å². The zero-order valence-corrected chi connectivity index (χ0v) is 16.5. The first-order valence-electron chi connectivity index (χ1n) is 8.38. The molecule has 0 aliphatic rings. The van der Waals surface area contributed by atoms with E-state index in [1.165, 1.54) is 11.6 Å². The van der Waals surface area contributed by atoms with Gasteiger partial charge in [0.1, 0.15) is 5.65 Å². The third kappa shape index (κ3) is 3.44. The van der Waals surface area contributed by atoms with Crippen LogP contribution in [0.3, 0.4) is 0 Å². The second-order valence-electron chi connectivity index (χ2n) is 6.18. The summed E-state index contributed by atoms with van der Waals surface area (Å²) >= 11 is 7.55.